The molecule has 0 amide bonds. The van der Waals surface area contributed by atoms with Crippen LogP contribution in [0.3, 0.4) is 0 Å². The molecule has 8 nitrogen and oxygen atoms in total. The third-order valence-corrected chi connectivity index (χ3v) is 12.1. The molecule has 0 bridgehead atoms. The fourth-order valence-electron chi connectivity index (χ4n) is 7.94. The van der Waals surface area contributed by atoms with Gasteiger partial charge in [-0.3, -0.25) is 9.59 Å². The summed E-state index contributed by atoms with van der Waals surface area (Å²) in [7, 11) is 0. The van der Waals surface area contributed by atoms with Crippen LogP contribution in [-0.2, 0) is 25.7 Å². The SMILES string of the molecule is CC(C)CN(CC(C)C)c1nc2sc3c(c2c(=O)n1-c1ccc(-n2c(N(CC(C)C)CC(C)C)nc4sc5c(c4c2=O)CCC5)cc1)CCC3. The van der Waals surface area contributed by atoms with E-state index in [1.807, 2.05) is 33.4 Å². The number of fused-ring (bicyclic) bond motifs is 6. The first-order valence-electron chi connectivity index (χ1n) is 18.7. The molecule has 0 spiro atoms. The van der Waals surface area contributed by atoms with Crippen LogP contribution in [0.4, 0.5) is 11.9 Å². The van der Waals surface area contributed by atoms with Crippen LogP contribution in [0.15, 0.2) is 33.9 Å². The zero-order chi connectivity index (χ0) is 35.4. The molecule has 10 heteroatoms. The second kappa shape index (κ2) is 13.9. The number of rotatable bonds is 12. The van der Waals surface area contributed by atoms with Crippen molar-refractivity contribution >= 4 is 55.0 Å². The van der Waals surface area contributed by atoms with Gasteiger partial charge >= 0.3 is 0 Å². The third-order valence-electron chi connectivity index (χ3n) is 9.72. The van der Waals surface area contributed by atoms with E-state index >= 15 is 0 Å². The molecule has 2 aliphatic carbocycles. The van der Waals surface area contributed by atoms with E-state index in [4.69, 9.17) is 9.97 Å². The Morgan fingerprint density at radius 1 is 0.580 bits per heavy atom. The molecule has 4 aromatic heterocycles. The highest BCUT2D eigenvalue weighted by Crippen LogP contribution is 2.38. The summed E-state index contributed by atoms with van der Waals surface area (Å²) in [6, 6.07) is 7.99. The predicted molar refractivity (Wildman–Crippen MR) is 212 cm³/mol. The van der Waals surface area contributed by atoms with Gasteiger partial charge in [-0.25, -0.2) is 19.1 Å². The van der Waals surface area contributed by atoms with Crippen molar-refractivity contribution in [2.75, 3.05) is 36.0 Å². The zero-order valence-electron chi connectivity index (χ0n) is 31.0. The summed E-state index contributed by atoms with van der Waals surface area (Å²) in [5, 5.41) is 1.56. The van der Waals surface area contributed by atoms with E-state index in [0.29, 0.717) is 35.6 Å². The minimum atomic E-state index is 0.00415. The summed E-state index contributed by atoms with van der Waals surface area (Å²) >= 11 is 3.39. The molecule has 0 atom stereocenters. The van der Waals surface area contributed by atoms with E-state index in [0.717, 1.165) is 96.5 Å². The van der Waals surface area contributed by atoms with Crippen LogP contribution >= 0.6 is 22.7 Å². The summed E-state index contributed by atoms with van der Waals surface area (Å²) < 4.78 is 3.67. The van der Waals surface area contributed by atoms with Crippen LogP contribution < -0.4 is 20.9 Å². The molecule has 0 fully saturated rings. The molecule has 0 N–H and O–H groups in total. The van der Waals surface area contributed by atoms with Crippen LogP contribution in [-0.4, -0.2) is 45.3 Å². The Morgan fingerprint density at radius 3 is 1.24 bits per heavy atom. The third kappa shape index (κ3) is 6.42. The van der Waals surface area contributed by atoms with Crippen LogP contribution in [0.2, 0.25) is 0 Å². The molecule has 0 saturated heterocycles. The van der Waals surface area contributed by atoms with Crippen molar-refractivity contribution in [1.29, 1.82) is 0 Å². The maximum absolute atomic E-state index is 14.7. The van der Waals surface area contributed by atoms with E-state index in [9.17, 15) is 9.59 Å². The Morgan fingerprint density at radius 2 is 0.920 bits per heavy atom. The van der Waals surface area contributed by atoms with Gasteiger partial charge in [-0.05, 0) is 97.6 Å². The molecule has 2 aliphatic rings. The number of thiophene rings is 2. The number of hydrogen-bond acceptors (Lipinski definition) is 8. The van der Waals surface area contributed by atoms with Gasteiger partial charge in [-0.2, -0.15) is 0 Å². The number of anilines is 2. The highest BCUT2D eigenvalue weighted by molar-refractivity contribution is 7.19. The molecule has 266 valence electrons. The van der Waals surface area contributed by atoms with E-state index < -0.39 is 0 Å². The Hall–Kier alpha value is -3.50. The number of nitrogens with zero attached hydrogens (tertiary/aromatic N) is 6. The molecule has 5 aromatic rings. The summed E-state index contributed by atoms with van der Waals surface area (Å²) in [5.74, 6) is 3.00. The fraction of sp³-hybridized carbons (Fsp3) is 0.550. The van der Waals surface area contributed by atoms with E-state index in [1.165, 1.54) is 20.9 Å². The quantitative estimate of drug-likeness (QED) is 0.129. The van der Waals surface area contributed by atoms with E-state index in [1.54, 1.807) is 22.7 Å². The van der Waals surface area contributed by atoms with Gasteiger partial charge in [-0.1, -0.05) is 55.4 Å². The van der Waals surface area contributed by atoms with Crippen molar-refractivity contribution in [2.24, 2.45) is 23.7 Å². The highest BCUT2D eigenvalue weighted by atomic mass is 32.1. The summed E-state index contributed by atoms with van der Waals surface area (Å²) in [6.07, 6.45) is 6.09. The maximum Gasteiger partial charge on any atom is 0.268 e. The zero-order valence-corrected chi connectivity index (χ0v) is 32.6. The molecule has 1 aromatic carbocycles. The van der Waals surface area contributed by atoms with Gasteiger partial charge in [0.25, 0.3) is 11.1 Å². The largest absolute Gasteiger partial charge is 0.341 e. The van der Waals surface area contributed by atoms with Gasteiger partial charge in [0.05, 0.1) is 22.1 Å². The van der Waals surface area contributed by atoms with Crippen LogP contribution in [0.1, 0.15) is 89.1 Å². The summed E-state index contributed by atoms with van der Waals surface area (Å²) in [5.41, 5.74) is 3.91. The molecule has 0 unspecified atom stereocenters. The van der Waals surface area contributed by atoms with Gasteiger partial charge in [0, 0.05) is 35.9 Å². The molecule has 7 rings (SSSR count). The van der Waals surface area contributed by atoms with E-state index in [-0.39, 0.29) is 11.1 Å². The second-order valence-corrected chi connectivity index (χ2v) is 18.2. The smallest absolute Gasteiger partial charge is 0.268 e. The van der Waals surface area contributed by atoms with Crippen LogP contribution in [0, 0.1) is 23.7 Å². The van der Waals surface area contributed by atoms with Crippen molar-refractivity contribution in [3.8, 4) is 11.4 Å². The van der Waals surface area contributed by atoms with Gasteiger partial charge < -0.3 is 9.80 Å². The first-order chi connectivity index (χ1) is 23.9. The lowest BCUT2D eigenvalue weighted by Gasteiger charge is -2.30. The first-order valence-corrected chi connectivity index (χ1v) is 20.3. The van der Waals surface area contributed by atoms with Crippen molar-refractivity contribution in [2.45, 2.75) is 93.9 Å². The molecular formula is C40H52N6O2S2. The number of benzene rings is 1. The molecule has 4 heterocycles. The van der Waals surface area contributed by atoms with Crippen LogP contribution in [0.25, 0.3) is 31.8 Å². The van der Waals surface area contributed by atoms with Gasteiger partial charge in [-0.15, -0.1) is 22.7 Å². The van der Waals surface area contributed by atoms with Crippen LogP contribution in [0.5, 0.6) is 0 Å². The minimum Gasteiger partial charge on any atom is -0.341 e. The Labute approximate surface area is 303 Å². The van der Waals surface area contributed by atoms with Crippen molar-refractivity contribution in [1.82, 2.24) is 19.1 Å². The number of aryl methyl sites for hydroxylation is 4. The molecule has 0 saturated carbocycles. The lowest BCUT2D eigenvalue weighted by atomic mass is 10.1. The van der Waals surface area contributed by atoms with Gasteiger partial charge in [0.2, 0.25) is 11.9 Å². The topological polar surface area (TPSA) is 76.3 Å². The average Bonchev–Trinajstić information content (AvgIpc) is 3.81. The normalized spacial score (nSPS) is 14.3. The average molecular weight is 713 g/mol. The fourth-order valence-corrected chi connectivity index (χ4v) is 10.4. The van der Waals surface area contributed by atoms with Crippen molar-refractivity contribution in [3.63, 3.8) is 0 Å². The Bertz CT molecular complexity index is 1980. The lowest BCUT2D eigenvalue weighted by molar-refractivity contribution is 0.539. The monoisotopic (exact) mass is 712 g/mol. The van der Waals surface area contributed by atoms with Gasteiger partial charge in [0.1, 0.15) is 9.66 Å². The second-order valence-electron chi connectivity index (χ2n) is 16.1. The Balaban J connectivity index is 1.42. The number of aromatic nitrogens is 4. The van der Waals surface area contributed by atoms with Gasteiger partial charge in [0.15, 0.2) is 0 Å². The number of hydrogen-bond donors (Lipinski definition) is 0. The predicted octanol–water partition coefficient (Wildman–Crippen LogP) is 8.42. The standard InChI is InChI=1S/C40H52N6O2S2/c1-23(2)19-43(20-24(3)4)39-41-35-33(29-11-9-13-31(29)49-35)37(47)45(39)27-15-17-28(18-16-27)46-38(48)34-30-12-10-14-32(30)50-36(34)42-40(46)44(21-25(5)6)22-26(7)8/h15-18,23-26H,9-14,19-22H2,1-8H3. The molecule has 50 heavy (non-hydrogen) atoms. The maximum atomic E-state index is 14.7. The first kappa shape index (κ1) is 34.9. The lowest BCUT2D eigenvalue weighted by Crippen LogP contribution is -2.37. The summed E-state index contributed by atoms with van der Waals surface area (Å²) in [4.78, 5) is 48.8. The molecular weight excluding hydrogens is 661 g/mol. The van der Waals surface area contributed by atoms with Crippen molar-refractivity contribution < 1.29 is 0 Å². The molecule has 0 radical (unpaired) electrons. The van der Waals surface area contributed by atoms with E-state index in [2.05, 4.69) is 65.2 Å². The minimum absolute atomic E-state index is 0.00415. The van der Waals surface area contributed by atoms with Crippen molar-refractivity contribution in [3.05, 3.63) is 65.9 Å². The summed E-state index contributed by atoms with van der Waals surface area (Å²) in [6.45, 7) is 20.9. The molecule has 0 aliphatic heterocycles. The Kier molecular flexibility index (Phi) is 9.71. The highest BCUT2D eigenvalue weighted by Gasteiger charge is 2.28.